The normalized spacial score (nSPS) is 34.2. The molecule has 0 unspecified atom stereocenters. The Labute approximate surface area is 80.7 Å². The smallest absolute Gasteiger partial charge is 0.311 e. The molecule has 0 heterocycles. The Morgan fingerprint density at radius 3 is 2.38 bits per heavy atom. The third kappa shape index (κ3) is 2.04. The van der Waals surface area contributed by atoms with Crippen LogP contribution in [0.2, 0.25) is 0 Å². The van der Waals surface area contributed by atoms with Crippen molar-refractivity contribution in [3.63, 3.8) is 0 Å². The van der Waals surface area contributed by atoms with Gasteiger partial charge in [-0.1, -0.05) is 13.8 Å². The molecule has 2 heteroatoms. The van der Waals surface area contributed by atoms with Crippen LogP contribution < -0.4 is 0 Å². The Bertz CT molecular complexity index is 179. The number of methoxy groups -OCH3 is 1. The fourth-order valence-electron chi connectivity index (χ4n) is 2.23. The van der Waals surface area contributed by atoms with E-state index < -0.39 is 0 Å². The van der Waals surface area contributed by atoms with E-state index in [0.29, 0.717) is 0 Å². The molecule has 1 fully saturated rings. The van der Waals surface area contributed by atoms with Crippen molar-refractivity contribution < 1.29 is 9.53 Å². The largest absolute Gasteiger partial charge is 0.469 e. The molecule has 1 aliphatic carbocycles. The lowest BCUT2D eigenvalue weighted by atomic mass is 9.69. The van der Waals surface area contributed by atoms with Gasteiger partial charge in [0, 0.05) is 0 Å². The molecular formula is C11H20O2. The number of carbonyl (C=O) groups excluding carboxylic acids is 1. The zero-order valence-electron chi connectivity index (χ0n) is 8.93. The molecule has 1 aliphatic rings. The van der Waals surface area contributed by atoms with E-state index in [1.807, 2.05) is 0 Å². The third-order valence-corrected chi connectivity index (χ3v) is 3.53. The molecule has 76 valence electrons. The first-order valence-corrected chi connectivity index (χ1v) is 5.23. The van der Waals surface area contributed by atoms with Crippen LogP contribution in [0, 0.1) is 11.3 Å². The second-order valence-corrected chi connectivity index (χ2v) is 4.31. The van der Waals surface area contributed by atoms with Crippen molar-refractivity contribution in [2.24, 2.45) is 11.3 Å². The first kappa shape index (κ1) is 10.6. The molecular weight excluding hydrogens is 164 g/mol. The van der Waals surface area contributed by atoms with Crippen molar-refractivity contribution in [1.82, 2.24) is 0 Å². The quantitative estimate of drug-likeness (QED) is 0.617. The molecule has 0 N–H and O–H groups in total. The Morgan fingerprint density at radius 1 is 1.46 bits per heavy atom. The van der Waals surface area contributed by atoms with E-state index in [2.05, 4.69) is 13.8 Å². The van der Waals surface area contributed by atoms with Gasteiger partial charge in [-0.2, -0.15) is 0 Å². The predicted molar refractivity (Wildman–Crippen MR) is 52.4 cm³/mol. The zero-order chi connectivity index (χ0) is 9.90. The molecule has 0 aromatic heterocycles. The van der Waals surface area contributed by atoms with Crippen molar-refractivity contribution in [1.29, 1.82) is 0 Å². The van der Waals surface area contributed by atoms with Gasteiger partial charge in [0.05, 0.1) is 12.5 Å². The number of hydrogen-bond donors (Lipinski definition) is 0. The summed E-state index contributed by atoms with van der Waals surface area (Å²) in [5.41, 5.74) is -0.152. The lowest BCUT2D eigenvalue weighted by Crippen LogP contribution is -2.35. The van der Waals surface area contributed by atoms with Gasteiger partial charge in [-0.05, 0) is 38.0 Å². The molecule has 0 aromatic carbocycles. The Kier molecular flexibility index (Phi) is 3.34. The minimum Gasteiger partial charge on any atom is -0.469 e. The average molecular weight is 184 g/mol. The third-order valence-electron chi connectivity index (χ3n) is 3.53. The molecule has 13 heavy (non-hydrogen) atoms. The Morgan fingerprint density at radius 2 is 2.00 bits per heavy atom. The van der Waals surface area contributed by atoms with Gasteiger partial charge in [-0.25, -0.2) is 0 Å². The summed E-state index contributed by atoms with van der Waals surface area (Å²) in [5.74, 6) is 0.784. The van der Waals surface area contributed by atoms with Crippen molar-refractivity contribution >= 4 is 5.97 Å². The predicted octanol–water partition coefficient (Wildman–Crippen LogP) is 2.77. The van der Waals surface area contributed by atoms with Gasteiger partial charge in [0.1, 0.15) is 0 Å². The zero-order valence-corrected chi connectivity index (χ0v) is 8.93. The van der Waals surface area contributed by atoms with Crippen LogP contribution in [0.25, 0.3) is 0 Å². The maximum Gasteiger partial charge on any atom is 0.311 e. The van der Waals surface area contributed by atoms with E-state index in [-0.39, 0.29) is 11.4 Å². The average Bonchev–Trinajstić information content (AvgIpc) is 2.18. The van der Waals surface area contributed by atoms with Crippen LogP contribution in [-0.4, -0.2) is 13.1 Å². The number of esters is 1. The van der Waals surface area contributed by atoms with Crippen molar-refractivity contribution in [3.05, 3.63) is 0 Å². The molecule has 0 spiro atoms. The fraction of sp³-hybridized carbons (Fsp3) is 0.909. The van der Waals surface area contributed by atoms with E-state index >= 15 is 0 Å². The van der Waals surface area contributed by atoms with Gasteiger partial charge in [0.25, 0.3) is 0 Å². The molecule has 2 nitrogen and oxygen atoms in total. The Balaban J connectivity index is 2.65. The summed E-state index contributed by atoms with van der Waals surface area (Å²) in [7, 11) is 1.50. The summed E-state index contributed by atoms with van der Waals surface area (Å²) in [5, 5.41) is 0. The van der Waals surface area contributed by atoms with Gasteiger partial charge in [-0.15, -0.1) is 0 Å². The minimum atomic E-state index is -0.152. The molecule has 0 saturated heterocycles. The minimum absolute atomic E-state index is 0.00176. The highest BCUT2D eigenvalue weighted by Gasteiger charge is 2.40. The van der Waals surface area contributed by atoms with E-state index in [9.17, 15) is 4.79 Å². The van der Waals surface area contributed by atoms with Gasteiger partial charge in [0.2, 0.25) is 0 Å². The van der Waals surface area contributed by atoms with Crippen molar-refractivity contribution in [3.8, 4) is 0 Å². The van der Waals surface area contributed by atoms with Crippen molar-refractivity contribution in [2.75, 3.05) is 7.11 Å². The molecule has 0 radical (unpaired) electrons. The monoisotopic (exact) mass is 184 g/mol. The van der Waals surface area contributed by atoms with Gasteiger partial charge in [-0.3, -0.25) is 4.79 Å². The van der Waals surface area contributed by atoms with Crippen LogP contribution in [0.1, 0.15) is 46.0 Å². The van der Waals surface area contributed by atoms with Crippen LogP contribution in [0.3, 0.4) is 0 Å². The molecule has 1 rings (SSSR count). The first-order chi connectivity index (χ1) is 6.14. The highest BCUT2D eigenvalue weighted by atomic mass is 16.5. The van der Waals surface area contributed by atoms with Crippen LogP contribution >= 0.6 is 0 Å². The second kappa shape index (κ2) is 4.12. The molecule has 0 atom stereocenters. The van der Waals surface area contributed by atoms with Crippen LogP contribution in [0.4, 0.5) is 0 Å². The maximum atomic E-state index is 11.6. The molecule has 0 aliphatic heterocycles. The van der Waals surface area contributed by atoms with Crippen LogP contribution in [0.15, 0.2) is 0 Å². The van der Waals surface area contributed by atoms with E-state index in [0.717, 1.165) is 25.2 Å². The summed E-state index contributed by atoms with van der Waals surface area (Å²) in [6.07, 6.45) is 5.28. The lowest BCUT2D eigenvalue weighted by molar-refractivity contribution is -0.155. The molecule has 0 bridgehead atoms. The topological polar surface area (TPSA) is 26.3 Å². The molecule has 0 aromatic rings. The summed E-state index contributed by atoms with van der Waals surface area (Å²) in [4.78, 5) is 11.6. The molecule has 0 amide bonds. The number of hydrogen-bond acceptors (Lipinski definition) is 2. The standard InChI is InChI=1S/C11H20O2/c1-4-11(10(12)13-3)7-5-9(2)6-8-11/h9H,4-8H2,1-3H3. The highest BCUT2D eigenvalue weighted by molar-refractivity contribution is 5.76. The Hall–Kier alpha value is -0.530. The maximum absolute atomic E-state index is 11.6. The van der Waals surface area contributed by atoms with Gasteiger partial charge in [0.15, 0.2) is 0 Å². The van der Waals surface area contributed by atoms with Crippen LogP contribution in [0.5, 0.6) is 0 Å². The summed E-state index contributed by atoms with van der Waals surface area (Å²) in [6, 6.07) is 0. The second-order valence-electron chi connectivity index (χ2n) is 4.31. The SMILES string of the molecule is CCC1(C(=O)OC)CCC(C)CC1. The van der Waals surface area contributed by atoms with Crippen molar-refractivity contribution in [2.45, 2.75) is 46.0 Å². The van der Waals surface area contributed by atoms with E-state index in [4.69, 9.17) is 4.74 Å². The number of rotatable bonds is 2. The number of carbonyl (C=O) groups is 1. The summed E-state index contributed by atoms with van der Waals surface area (Å²) < 4.78 is 4.88. The van der Waals surface area contributed by atoms with Gasteiger partial charge >= 0.3 is 5.97 Å². The first-order valence-electron chi connectivity index (χ1n) is 5.23. The van der Waals surface area contributed by atoms with E-state index in [1.54, 1.807) is 0 Å². The summed E-state index contributed by atoms with van der Waals surface area (Å²) >= 11 is 0. The van der Waals surface area contributed by atoms with Gasteiger partial charge < -0.3 is 4.74 Å². The van der Waals surface area contributed by atoms with E-state index in [1.165, 1.54) is 20.0 Å². The highest BCUT2D eigenvalue weighted by Crippen LogP contribution is 2.42. The fourth-order valence-corrected chi connectivity index (χ4v) is 2.23. The number of ether oxygens (including phenoxy) is 1. The lowest BCUT2D eigenvalue weighted by Gasteiger charge is -2.35. The summed E-state index contributed by atoms with van der Waals surface area (Å²) in [6.45, 7) is 4.35. The van der Waals surface area contributed by atoms with Crippen LogP contribution in [-0.2, 0) is 9.53 Å². The molecule has 1 saturated carbocycles.